The van der Waals surface area contributed by atoms with E-state index in [1.807, 2.05) is 7.05 Å². The van der Waals surface area contributed by atoms with E-state index in [0.717, 1.165) is 16.6 Å². The molecule has 0 saturated heterocycles. The number of thiophene rings is 1. The van der Waals surface area contributed by atoms with Crippen LogP contribution in [-0.4, -0.2) is 14.2 Å². The lowest BCUT2D eigenvalue weighted by atomic mass is 10.0. The molecule has 19 heavy (non-hydrogen) atoms. The molecule has 2 rings (SSSR count). The zero-order valence-corrected chi connectivity index (χ0v) is 13.8. The minimum atomic E-state index is 0.265. The smallest absolute Gasteiger partial charge is 0.123 e. The van der Waals surface area contributed by atoms with Crippen molar-refractivity contribution in [3.8, 4) is 5.75 Å². The van der Waals surface area contributed by atoms with Gasteiger partial charge >= 0.3 is 0 Å². The van der Waals surface area contributed by atoms with E-state index in [1.165, 1.54) is 16.0 Å². The third kappa shape index (κ3) is 3.59. The Hall–Kier alpha value is -0.840. The lowest BCUT2D eigenvalue weighted by Crippen LogP contribution is -2.19. The molecule has 2 nitrogen and oxygen atoms in total. The average Bonchev–Trinajstić information content (AvgIpc) is 2.81. The van der Waals surface area contributed by atoms with Crippen LogP contribution in [-0.2, 0) is 6.42 Å². The van der Waals surface area contributed by atoms with Gasteiger partial charge in [-0.15, -0.1) is 11.3 Å². The Morgan fingerprint density at radius 1 is 1.37 bits per heavy atom. The van der Waals surface area contributed by atoms with Crippen LogP contribution < -0.4 is 10.1 Å². The molecule has 4 heteroatoms. The summed E-state index contributed by atoms with van der Waals surface area (Å²) in [4.78, 5) is 1.36. The maximum atomic E-state index is 5.51. The van der Waals surface area contributed by atoms with Crippen molar-refractivity contribution in [2.45, 2.75) is 19.4 Å². The number of benzene rings is 1. The molecule has 1 atom stereocenters. The van der Waals surface area contributed by atoms with Crippen LogP contribution in [0.15, 0.2) is 34.1 Å². The molecule has 1 unspecified atom stereocenters. The van der Waals surface area contributed by atoms with Crippen LogP contribution in [0, 0.1) is 6.92 Å². The first-order valence-corrected chi connectivity index (χ1v) is 7.86. The van der Waals surface area contributed by atoms with Crippen molar-refractivity contribution in [3.63, 3.8) is 0 Å². The molecule has 0 radical (unpaired) electrons. The first kappa shape index (κ1) is 14.6. The van der Waals surface area contributed by atoms with Gasteiger partial charge < -0.3 is 10.1 Å². The highest BCUT2D eigenvalue weighted by atomic mass is 79.9. The Kier molecular flexibility index (Phi) is 5.02. The van der Waals surface area contributed by atoms with Gasteiger partial charge in [0.05, 0.1) is 7.11 Å². The number of rotatable bonds is 5. The summed E-state index contributed by atoms with van der Waals surface area (Å²) in [6.07, 6.45) is 0.964. The van der Waals surface area contributed by atoms with Gasteiger partial charge in [0.15, 0.2) is 0 Å². The van der Waals surface area contributed by atoms with E-state index in [9.17, 15) is 0 Å². The Morgan fingerprint density at radius 2 is 2.16 bits per heavy atom. The lowest BCUT2D eigenvalue weighted by Gasteiger charge is -2.19. The molecule has 0 aliphatic heterocycles. The maximum absolute atomic E-state index is 5.51. The predicted octanol–water partition coefficient (Wildman–Crippen LogP) is 4.33. The number of aryl methyl sites for hydroxylation is 1. The van der Waals surface area contributed by atoms with Crippen molar-refractivity contribution in [2.75, 3.05) is 14.2 Å². The van der Waals surface area contributed by atoms with Crippen LogP contribution in [0.25, 0.3) is 0 Å². The SMILES string of the molecule is CNC(Cc1cc(Br)cs1)c1ccc(C)cc1OC. The summed E-state index contributed by atoms with van der Waals surface area (Å²) < 4.78 is 6.66. The summed E-state index contributed by atoms with van der Waals surface area (Å²) in [7, 11) is 3.72. The zero-order chi connectivity index (χ0) is 13.8. The number of methoxy groups -OCH3 is 1. The number of likely N-dealkylation sites (N-methyl/N-ethyl adjacent to an activating group) is 1. The molecule has 0 saturated carbocycles. The summed E-state index contributed by atoms with van der Waals surface area (Å²) >= 11 is 5.28. The monoisotopic (exact) mass is 339 g/mol. The summed E-state index contributed by atoms with van der Waals surface area (Å²) in [5, 5.41) is 5.50. The van der Waals surface area contributed by atoms with Crippen LogP contribution in [0.1, 0.15) is 22.0 Å². The van der Waals surface area contributed by atoms with Crippen molar-refractivity contribution in [3.05, 3.63) is 50.1 Å². The Labute approximate surface area is 126 Å². The summed E-state index contributed by atoms with van der Waals surface area (Å²) in [5.41, 5.74) is 2.43. The van der Waals surface area contributed by atoms with Crippen LogP contribution in [0.2, 0.25) is 0 Å². The first-order valence-electron chi connectivity index (χ1n) is 6.18. The third-order valence-corrected chi connectivity index (χ3v) is 4.86. The number of ether oxygens (including phenoxy) is 1. The molecule has 2 aromatic rings. The van der Waals surface area contributed by atoms with Gasteiger partial charge in [-0.3, -0.25) is 0 Å². The van der Waals surface area contributed by atoms with E-state index in [-0.39, 0.29) is 6.04 Å². The molecule has 1 aromatic carbocycles. The molecular weight excluding hydrogens is 322 g/mol. The summed E-state index contributed by atoms with van der Waals surface area (Å²) in [6, 6.07) is 8.81. The lowest BCUT2D eigenvalue weighted by molar-refractivity contribution is 0.401. The maximum Gasteiger partial charge on any atom is 0.123 e. The zero-order valence-electron chi connectivity index (χ0n) is 11.4. The molecule has 1 aromatic heterocycles. The number of nitrogens with one attached hydrogen (secondary N) is 1. The van der Waals surface area contributed by atoms with Gasteiger partial charge in [0.1, 0.15) is 5.75 Å². The quantitative estimate of drug-likeness (QED) is 0.875. The highest BCUT2D eigenvalue weighted by Gasteiger charge is 2.16. The Morgan fingerprint density at radius 3 is 2.74 bits per heavy atom. The molecular formula is C15H18BrNOS. The molecule has 102 valence electrons. The molecule has 0 fully saturated rings. The van der Waals surface area contributed by atoms with Gasteiger partial charge in [0.2, 0.25) is 0 Å². The molecule has 0 bridgehead atoms. The van der Waals surface area contributed by atoms with E-state index in [4.69, 9.17) is 4.74 Å². The third-order valence-electron chi connectivity index (χ3n) is 3.14. The number of halogens is 1. The van der Waals surface area contributed by atoms with Crippen molar-refractivity contribution in [2.24, 2.45) is 0 Å². The van der Waals surface area contributed by atoms with Gasteiger partial charge in [-0.25, -0.2) is 0 Å². The molecule has 0 amide bonds. The largest absolute Gasteiger partial charge is 0.496 e. The number of hydrogen-bond donors (Lipinski definition) is 1. The van der Waals surface area contributed by atoms with Gasteiger partial charge in [0.25, 0.3) is 0 Å². The predicted molar refractivity (Wildman–Crippen MR) is 85.3 cm³/mol. The standard InChI is InChI=1S/C15H18BrNOS/c1-10-4-5-13(15(6-10)18-3)14(17-2)8-12-7-11(16)9-19-12/h4-7,9,14,17H,8H2,1-3H3. The second kappa shape index (κ2) is 6.55. The molecule has 0 aliphatic rings. The normalized spacial score (nSPS) is 12.4. The van der Waals surface area contributed by atoms with Crippen molar-refractivity contribution >= 4 is 27.3 Å². The fourth-order valence-electron chi connectivity index (χ4n) is 2.14. The Balaban J connectivity index is 2.26. The van der Waals surface area contributed by atoms with E-state index < -0.39 is 0 Å². The summed E-state index contributed by atoms with van der Waals surface area (Å²) in [5.74, 6) is 0.954. The van der Waals surface area contributed by atoms with E-state index >= 15 is 0 Å². The van der Waals surface area contributed by atoms with Gasteiger partial charge in [-0.1, -0.05) is 12.1 Å². The Bertz CT molecular complexity index is 553. The molecule has 1 N–H and O–H groups in total. The first-order chi connectivity index (χ1) is 9.13. The van der Waals surface area contributed by atoms with Crippen molar-refractivity contribution in [1.82, 2.24) is 5.32 Å². The van der Waals surface area contributed by atoms with Crippen LogP contribution in [0.3, 0.4) is 0 Å². The molecule has 1 heterocycles. The van der Waals surface area contributed by atoms with E-state index in [0.29, 0.717) is 0 Å². The van der Waals surface area contributed by atoms with E-state index in [2.05, 4.69) is 57.8 Å². The van der Waals surface area contributed by atoms with Gasteiger partial charge in [-0.05, 0) is 47.6 Å². The number of hydrogen-bond acceptors (Lipinski definition) is 3. The van der Waals surface area contributed by atoms with Crippen LogP contribution in [0.4, 0.5) is 0 Å². The fraction of sp³-hybridized carbons (Fsp3) is 0.333. The van der Waals surface area contributed by atoms with E-state index in [1.54, 1.807) is 18.4 Å². The highest BCUT2D eigenvalue weighted by molar-refractivity contribution is 9.10. The van der Waals surface area contributed by atoms with Crippen molar-refractivity contribution < 1.29 is 4.74 Å². The second-order valence-electron chi connectivity index (χ2n) is 4.52. The van der Waals surface area contributed by atoms with Gasteiger partial charge in [-0.2, -0.15) is 0 Å². The minimum Gasteiger partial charge on any atom is -0.496 e. The van der Waals surface area contributed by atoms with Crippen LogP contribution >= 0.6 is 27.3 Å². The molecule has 0 spiro atoms. The highest BCUT2D eigenvalue weighted by Crippen LogP contribution is 2.30. The van der Waals surface area contributed by atoms with Crippen LogP contribution in [0.5, 0.6) is 5.75 Å². The van der Waals surface area contributed by atoms with Crippen molar-refractivity contribution in [1.29, 1.82) is 0 Å². The average molecular weight is 340 g/mol. The topological polar surface area (TPSA) is 21.3 Å². The fourth-order valence-corrected chi connectivity index (χ4v) is 3.63. The minimum absolute atomic E-state index is 0.265. The van der Waals surface area contributed by atoms with Gasteiger partial charge in [0, 0.05) is 32.8 Å². The molecule has 0 aliphatic carbocycles. The second-order valence-corrected chi connectivity index (χ2v) is 6.43. The summed E-state index contributed by atoms with van der Waals surface area (Å²) in [6.45, 7) is 2.08.